The summed E-state index contributed by atoms with van der Waals surface area (Å²) >= 11 is 11.5. The Morgan fingerprint density at radius 1 is 1.16 bits per heavy atom. The normalized spacial score (nSPS) is 10.7. The van der Waals surface area contributed by atoms with Gasteiger partial charge in [0, 0.05) is 29.1 Å². The highest BCUT2D eigenvalue weighted by Gasteiger charge is 2.15. The molecule has 0 saturated heterocycles. The maximum atomic E-state index is 14.2. The van der Waals surface area contributed by atoms with Crippen LogP contribution in [-0.4, -0.2) is 27.0 Å². The van der Waals surface area contributed by atoms with Crippen LogP contribution in [0.1, 0.15) is 11.1 Å². The quantitative estimate of drug-likeness (QED) is 0.347. The highest BCUT2D eigenvalue weighted by molar-refractivity contribution is 7.71. The SMILES string of the molecule is COc1cccc(CNn2c(-c3ccncc3)n[nH]c2=S)c1OCc1c(F)cccc1Cl. The van der Waals surface area contributed by atoms with Crippen LogP contribution >= 0.6 is 23.8 Å². The third-order valence-electron chi connectivity index (χ3n) is 4.74. The Labute approximate surface area is 193 Å². The Bertz CT molecular complexity index is 1260. The van der Waals surface area contributed by atoms with Crippen molar-refractivity contribution >= 4 is 23.8 Å². The van der Waals surface area contributed by atoms with Crippen molar-refractivity contribution in [2.45, 2.75) is 13.2 Å². The lowest BCUT2D eigenvalue weighted by atomic mass is 10.1. The molecule has 2 N–H and O–H groups in total. The van der Waals surface area contributed by atoms with Crippen molar-refractivity contribution in [1.29, 1.82) is 0 Å². The molecule has 10 heteroatoms. The maximum absolute atomic E-state index is 14.2. The first-order chi connectivity index (χ1) is 15.6. The molecule has 0 radical (unpaired) electrons. The average molecular weight is 472 g/mol. The molecular formula is C22H19ClFN5O2S. The van der Waals surface area contributed by atoms with E-state index in [1.165, 1.54) is 6.07 Å². The second kappa shape index (κ2) is 9.80. The van der Waals surface area contributed by atoms with Crippen molar-refractivity contribution in [3.05, 3.63) is 87.7 Å². The van der Waals surface area contributed by atoms with Gasteiger partial charge in [-0.3, -0.25) is 4.98 Å². The summed E-state index contributed by atoms with van der Waals surface area (Å²) in [4.78, 5) is 4.03. The van der Waals surface area contributed by atoms with Gasteiger partial charge in [0.25, 0.3) is 0 Å². The molecule has 0 unspecified atom stereocenters. The van der Waals surface area contributed by atoms with Gasteiger partial charge >= 0.3 is 0 Å². The molecule has 0 spiro atoms. The van der Waals surface area contributed by atoms with Crippen molar-refractivity contribution < 1.29 is 13.9 Å². The molecular weight excluding hydrogens is 453 g/mol. The fourth-order valence-electron chi connectivity index (χ4n) is 3.14. The van der Waals surface area contributed by atoms with E-state index in [1.54, 1.807) is 42.4 Å². The molecule has 2 aromatic heterocycles. The van der Waals surface area contributed by atoms with E-state index in [9.17, 15) is 4.39 Å². The third kappa shape index (κ3) is 4.58. The van der Waals surface area contributed by atoms with Gasteiger partial charge in [0.1, 0.15) is 12.4 Å². The van der Waals surface area contributed by atoms with Crippen molar-refractivity contribution in [3.8, 4) is 22.9 Å². The highest BCUT2D eigenvalue weighted by Crippen LogP contribution is 2.33. The minimum atomic E-state index is -0.432. The van der Waals surface area contributed by atoms with Crippen LogP contribution in [0.25, 0.3) is 11.4 Å². The molecule has 2 heterocycles. The van der Waals surface area contributed by atoms with Gasteiger partial charge in [0.15, 0.2) is 17.3 Å². The Hall–Kier alpha value is -3.43. The monoisotopic (exact) mass is 471 g/mol. The van der Waals surface area contributed by atoms with Gasteiger partial charge in [-0.15, -0.1) is 0 Å². The number of hydrogen-bond donors (Lipinski definition) is 2. The molecule has 7 nitrogen and oxygen atoms in total. The van der Waals surface area contributed by atoms with Crippen molar-refractivity contribution in [2.75, 3.05) is 12.5 Å². The van der Waals surface area contributed by atoms with E-state index in [0.29, 0.717) is 33.7 Å². The molecule has 32 heavy (non-hydrogen) atoms. The van der Waals surface area contributed by atoms with Crippen LogP contribution in [-0.2, 0) is 13.2 Å². The van der Waals surface area contributed by atoms with Gasteiger partial charge in [-0.05, 0) is 42.5 Å². The number of rotatable bonds is 8. The van der Waals surface area contributed by atoms with Gasteiger partial charge in [-0.25, -0.2) is 14.2 Å². The minimum absolute atomic E-state index is 0.0493. The van der Waals surface area contributed by atoms with Gasteiger partial charge in [0.2, 0.25) is 4.77 Å². The summed E-state index contributed by atoms with van der Waals surface area (Å²) in [7, 11) is 1.54. The van der Waals surface area contributed by atoms with Crippen LogP contribution in [0.2, 0.25) is 5.02 Å². The number of hydrogen-bond acceptors (Lipinski definition) is 6. The van der Waals surface area contributed by atoms with E-state index < -0.39 is 5.82 Å². The largest absolute Gasteiger partial charge is 0.493 e. The van der Waals surface area contributed by atoms with Crippen LogP contribution in [0.15, 0.2) is 60.9 Å². The van der Waals surface area contributed by atoms with Crippen LogP contribution in [0.3, 0.4) is 0 Å². The second-order valence-corrected chi connectivity index (χ2v) is 7.49. The number of nitrogens with one attached hydrogen (secondary N) is 2. The number of para-hydroxylation sites is 1. The standard InChI is InChI=1S/C22H19ClFN5O2S/c1-30-19-7-2-4-15(20(19)31-13-16-17(23)5-3-6-18(16)24)12-26-29-21(27-28-22(29)32)14-8-10-25-11-9-14/h2-11,26H,12-13H2,1H3,(H,28,32). The predicted molar refractivity (Wildman–Crippen MR) is 122 cm³/mol. The van der Waals surface area contributed by atoms with E-state index in [0.717, 1.165) is 11.1 Å². The molecule has 2 aromatic carbocycles. The lowest BCUT2D eigenvalue weighted by Gasteiger charge is -2.17. The third-order valence-corrected chi connectivity index (χ3v) is 5.37. The summed E-state index contributed by atoms with van der Waals surface area (Å²) in [6.07, 6.45) is 3.36. The summed E-state index contributed by atoms with van der Waals surface area (Å²) in [6.45, 7) is 0.287. The highest BCUT2D eigenvalue weighted by atomic mass is 35.5. The van der Waals surface area contributed by atoms with Crippen molar-refractivity contribution in [1.82, 2.24) is 19.9 Å². The lowest BCUT2D eigenvalue weighted by Crippen LogP contribution is -2.17. The Balaban J connectivity index is 1.59. The van der Waals surface area contributed by atoms with E-state index in [-0.39, 0.29) is 12.2 Å². The smallest absolute Gasteiger partial charge is 0.214 e. The Morgan fingerprint density at radius 3 is 2.69 bits per heavy atom. The number of pyridine rings is 1. The van der Waals surface area contributed by atoms with E-state index in [1.807, 2.05) is 24.3 Å². The molecule has 0 bridgehead atoms. The fourth-order valence-corrected chi connectivity index (χ4v) is 3.56. The van der Waals surface area contributed by atoms with Crippen molar-refractivity contribution in [3.63, 3.8) is 0 Å². The van der Waals surface area contributed by atoms with Crippen LogP contribution in [0.5, 0.6) is 11.5 Å². The Kier molecular flexibility index (Phi) is 6.67. The molecule has 164 valence electrons. The number of methoxy groups -OCH3 is 1. The van der Waals surface area contributed by atoms with Crippen LogP contribution in [0, 0.1) is 10.6 Å². The van der Waals surface area contributed by atoms with Gasteiger partial charge in [0.05, 0.1) is 18.7 Å². The number of benzene rings is 2. The topological polar surface area (TPSA) is 77.0 Å². The average Bonchev–Trinajstić information content (AvgIpc) is 3.18. The number of aromatic amines is 1. The summed E-state index contributed by atoms with van der Waals surface area (Å²) in [5.41, 5.74) is 5.15. The fraction of sp³-hybridized carbons (Fsp3) is 0.136. The second-order valence-electron chi connectivity index (χ2n) is 6.70. The number of H-pyrrole nitrogens is 1. The first-order valence-electron chi connectivity index (χ1n) is 9.61. The summed E-state index contributed by atoms with van der Waals surface area (Å²) < 4.78 is 27.7. The number of halogens is 2. The molecule has 0 aliphatic heterocycles. The molecule has 0 aliphatic rings. The van der Waals surface area contributed by atoms with Gasteiger partial charge < -0.3 is 14.9 Å². The first-order valence-corrected chi connectivity index (χ1v) is 10.4. The number of ether oxygens (including phenoxy) is 2. The van der Waals surface area contributed by atoms with Gasteiger partial charge in [-0.1, -0.05) is 29.8 Å². The van der Waals surface area contributed by atoms with E-state index in [2.05, 4.69) is 20.6 Å². The molecule has 4 rings (SSSR count). The summed E-state index contributed by atoms with van der Waals surface area (Å²) in [6, 6.07) is 13.7. The zero-order chi connectivity index (χ0) is 22.5. The zero-order valence-corrected chi connectivity index (χ0v) is 18.6. The minimum Gasteiger partial charge on any atom is -0.493 e. The van der Waals surface area contributed by atoms with E-state index in [4.69, 9.17) is 33.3 Å². The predicted octanol–water partition coefficient (Wildman–Crippen LogP) is 5.13. The Morgan fingerprint density at radius 2 is 1.94 bits per heavy atom. The lowest BCUT2D eigenvalue weighted by molar-refractivity contribution is 0.277. The summed E-state index contributed by atoms with van der Waals surface area (Å²) in [5, 5.41) is 7.38. The number of aromatic nitrogens is 4. The number of nitrogens with zero attached hydrogens (tertiary/aromatic N) is 3. The van der Waals surface area contributed by atoms with Crippen LogP contribution < -0.4 is 14.9 Å². The maximum Gasteiger partial charge on any atom is 0.214 e. The molecule has 0 atom stereocenters. The molecule has 0 saturated carbocycles. The van der Waals surface area contributed by atoms with Crippen LogP contribution in [0.4, 0.5) is 4.39 Å². The molecule has 4 aromatic rings. The molecule has 0 amide bonds. The first kappa shape index (κ1) is 21.8. The zero-order valence-electron chi connectivity index (χ0n) is 17.0. The van der Waals surface area contributed by atoms with Gasteiger partial charge in [-0.2, -0.15) is 5.10 Å². The molecule has 0 aliphatic carbocycles. The summed E-state index contributed by atoms with van der Waals surface area (Å²) in [5.74, 6) is 1.17. The molecule has 0 fully saturated rings. The van der Waals surface area contributed by atoms with E-state index >= 15 is 0 Å². The van der Waals surface area contributed by atoms with Crippen molar-refractivity contribution in [2.24, 2.45) is 0 Å².